The number of azide groups is 1. The highest BCUT2D eigenvalue weighted by atomic mass is 19.1. The molecule has 0 saturated carbocycles. The number of nitrogens with one attached hydrogen (secondary N) is 1. The van der Waals surface area contributed by atoms with Crippen LogP contribution in [0, 0.1) is 11.6 Å². The van der Waals surface area contributed by atoms with Crippen LogP contribution in [0.3, 0.4) is 0 Å². The maximum absolute atomic E-state index is 13.4. The average Bonchev–Trinajstić information content (AvgIpc) is 2.83. The number of hydrogen-bond donors (Lipinski definition) is 1. The fraction of sp³-hybridized carbons (Fsp3) is 0.364. The van der Waals surface area contributed by atoms with Crippen molar-refractivity contribution in [2.45, 2.75) is 12.5 Å². The van der Waals surface area contributed by atoms with Gasteiger partial charge in [-0.1, -0.05) is 11.2 Å². The molecule has 2 amide bonds. The van der Waals surface area contributed by atoms with Crippen LogP contribution in [0.5, 0.6) is 0 Å². The molecule has 0 spiro atoms. The van der Waals surface area contributed by atoms with Gasteiger partial charge in [0.15, 0.2) is 0 Å². The molecule has 1 saturated heterocycles. The van der Waals surface area contributed by atoms with Gasteiger partial charge in [0.05, 0.1) is 6.04 Å². The van der Waals surface area contributed by atoms with E-state index in [1.165, 1.54) is 11.0 Å². The molecule has 1 aromatic rings. The quantitative estimate of drug-likeness (QED) is 0.499. The molecule has 6 nitrogen and oxygen atoms in total. The van der Waals surface area contributed by atoms with E-state index in [1.807, 2.05) is 0 Å². The van der Waals surface area contributed by atoms with Crippen LogP contribution in [-0.4, -0.2) is 30.1 Å². The fourth-order valence-corrected chi connectivity index (χ4v) is 1.90. The molecule has 19 heavy (non-hydrogen) atoms. The molecule has 1 aliphatic heterocycles. The van der Waals surface area contributed by atoms with Crippen molar-refractivity contribution in [3.05, 3.63) is 40.3 Å². The lowest BCUT2D eigenvalue weighted by atomic mass is 10.3. The summed E-state index contributed by atoms with van der Waals surface area (Å²) in [6.07, 6.45) is 0.539. The minimum absolute atomic E-state index is 0.242. The number of carbonyl (C=O) groups excluding carboxylic acids is 1. The number of hydrogen-bond acceptors (Lipinski definition) is 2. The first-order valence-electron chi connectivity index (χ1n) is 5.66. The van der Waals surface area contributed by atoms with Crippen LogP contribution < -0.4 is 5.32 Å². The Balaban J connectivity index is 2.04. The van der Waals surface area contributed by atoms with E-state index in [9.17, 15) is 13.6 Å². The van der Waals surface area contributed by atoms with Gasteiger partial charge >= 0.3 is 6.03 Å². The number of para-hydroxylation sites is 1. The van der Waals surface area contributed by atoms with E-state index in [0.29, 0.717) is 13.0 Å². The zero-order chi connectivity index (χ0) is 13.8. The number of nitrogens with zero attached hydrogens (tertiary/aromatic N) is 4. The number of halogens is 2. The predicted octanol–water partition coefficient (Wildman–Crippen LogP) is 2.88. The molecule has 1 heterocycles. The second-order valence-electron chi connectivity index (χ2n) is 4.12. The first-order chi connectivity index (χ1) is 9.11. The summed E-state index contributed by atoms with van der Waals surface area (Å²) in [4.78, 5) is 15.8. The molecule has 0 aliphatic carbocycles. The zero-order valence-electron chi connectivity index (χ0n) is 9.88. The first-order valence-corrected chi connectivity index (χ1v) is 5.66. The van der Waals surface area contributed by atoms with E-state index in [1.54, 1.807) is 0 Å². The highest BCUT2D eigenvalue weighted by molar-refractivity contribution is 5.89. The Morgan fingerprint density at radius 1 is 1.47 bits per heavy atom. The summed E-state index contributed by atoms with van der Waals surface area (Å²) in [5.74, 6) is -1.67. The summed E-state index contributed by atoms with van der Waals surface area (Å²) in [5, 5.41) is 5.69. The van der Waals surface area contributed by atoms with Gasteiger partial charge in [0.1, 0.15) is 17.3 Å². The van der Waals surface area contributed by atoms with Gasteiger partial charge in [-0.15, -0.1) is 0 Å². The van der Waals surface area contributed by atoms with Gasteiger partial charge in [0.25, 0.3) is 0 Å². The minimum atomic E-state index is -0.834. The van der Waals surface area contributed by atoms with Crippen molar-refractivity contribution in [3.8, 4) is 0 Å². The number of urea groups is 1. The molecule has 0 aromatic heterocycles. The molecular formula is C11H11F2N5O. The normalized spacial score (nSPS) is 18.0. The molecule has 1 atom stereocenters. The van der Waals surface area contributed by atoms with Gasteiger partial charge in [-0.3, -0.25) is 0 Å². The van der Waals surface area contributed by atoms with Crippen LogP contribution in [0.2, 0.25) is 0 Å². The van der Waals surface area contributed by atoms with Crippen molar-refractivity contribution < 1.29 is 13.6 Å². The molecular weight excluding hydrogens is 256 g/mol. The summed E-state index contributed by atoms with van der Waals surface area (Å²) >= 11 is 0. The lowest BCUT2D eigenvalue weighted by Gasteiger charge is -2.17. The third-order valence-corrected chi connectivity index (χ3v) is 2.86. The summed E-state index contributed by atoms with van der Waals surface area (Å²) in [6, 6.07) is 2.44. The van der Waals surface area contributed by atoms with Gasteiger partial charge in [0, 0.05) is 18.0 Å². The molecule has 8 heteroatoms. The van der Waals surface area contributed by atoms with Crippen molar-refractivity contribution in [1.29, 1.82) is 0 Å². The molecule has 1 aliphatic rings. The molecule has 100 valence electrons. The van der Waals surface area contributed by atoms with Gasteiger partial charge in [0.2, 0.25) is 0 Å². The zero-order valence-corrected chi connectivity index (χ0v) is 9.88. The standard InChI is InChI=1S/C11H11F2N5O/c12-8-2-1-3-9(13)10(8)15-11(19)18-5-4-7(6-18)16-17-14/h1-3,7H,4-6H2,(H,15,19). The highest BCUT2D eigenvalue weighted by Gasteiger charge is 2.26. The maximum atomic E-state index is 13.4. The number of carbonyl (C=O) groups is 1. The predicted molar refractivity (Wildman–Crippen MR) is 64.5 cm³/mol. The third kappa shape index (κ3) is 2.92. The molecule has 1 aromatic carbocycles. The van der Waals surface area contributed by atoms with E-state index < -0.39 is 23.4 Å². The van der Waals surface area contributed by atoms with Crippen molar-refractivity contribution in [2.24, 2.45) is 5.11 Å². The maximum Gasteiger partial charge on any atom is 0.322 e. The molecule has 1 fully saturated rings. The lowest BCUT2D eigenvalue weighted by Crippen LogP contribution is -2.33. The Hall–Kier alpha value is -2.34. The Bertz CT molecular complexity index is 524. The van der Waals surface area contributed by atoms with Gasteiger partial charge < -0.3 is 10.2 Å². The molecule has 0 radical (unpaired) electrons. The monoisotopic (exact) mass is 267 g/mol. The smallest absolute Gasteiger partial charge is 0.322 e. The van der Waals surface area contributed by atoms with Gasteiger partial charge in [-0.2, -0.15) is 0 Å². The lowest BCUT2D eigenvalue weighted by molar-refractivity contribution is 0.221. The summed E-state index contributed by atoms with van der Waals surface area (Å²) in [5.41, 5.74) is 7.83. The van der Waals surface area contributed by atoms with Crippen LogP contribution in [0.25, 0.3) is 10.4 Å². The Kier molecular flexibility index (Phi) is 3.82. The van der Waals surface area contributed by atoms with Crippen LogP contribution in [0.15, 0.2) is 23.3 Å². The van der Waals surface area contributed by atoms with Gasteiger partial charge in [-0.25, -0.2) is 13.6 Å². The summed E-state index contributed by atoms with van der Waals surface area (Å²) < 4.78 is 26.7. The topological polar surface area (TPSA) is 81.1 Å². The van der Waals surface area contributed by atoms with Crippen molar-refractivity contribution in [2.75, 3.05) is 18.4 Å². The van der Waals surface area contributed by atoms with Crippen LogP contribution in [0.4, 0.5) is 19.3 Å². The molecule has 2 rings (SSSR count). The Morgan fingerprint density at radius 2 is 2.16 bits per heavy atom. The van der Waals surface area contributed by atoms with E-state index in [4.69, 9.17) is 5.53 Å². The summed E-state index contributed by atoms with van der Waals surface area (Å²) in [6.45, 7) is 0.623. The number of likely N-dealkylation sites (tertiary alicyclic amines) is 1. The minimum Gasteiger partial charge on any atom is -0.324 e. The second kappa shape index (κ2) is 5.53. The second-order valence-corrected chi connectivity index (χ2v) is 4.12. The highest BCUT2D eigenvalue weighted by Crippen LogP contribution is 2.20. The number of benzene rings is 1. The van der Waals surface area contributed by atoms with Crippen molar-refractivity contribution in [1.82, 2.24) is 4.90 Å². The van der Waals surface area contributed by atoms with Crippen LogP contribution in [0.1, 0.15) is 6.42 Å². The number of anilines is 1. The first kappa shape index (κ1) is 13.1. The molecule has 0 bridgehead atoms. The average molecular weight is 267 g/mol. The van der Waals surface area contributed by atoms with E-state index in [-0.39, 0.29) is 12.6 Å². The van der Waals surface area contributed by atoms with E-state index >= 15 is 0 Å². The largest absolute Gasteiger partial charge is 0.324 e. The van der Waals surface area contributed by atoms with Crippen LogP contribution in [-0.2, 0) is 0 Å². The molecule has 1 N–H and O–H groups in total. The van der Waals surface area contributed by atoms with Crippen molar-refractivity contribution >= 4 is 11.7 Å². The number of rotatable bonds is 2. The third-order valence-electron chi connectivity index (χ3n) is 2.86. The fourth-order valence-electron chi connectivity index (χ4n) is 1.90. The number of amides is 2. The molecule has 1 unspecified atom stereocenters. The SMILES string of the molecule is [N-]=[N+]=NC1CCN(C(=O)Nc2c(F)cccc2F)C1. The van der Waals surface area contributed by atoms with E-state index in [2.05, 4.69) is 15.3 Å². The van der Waals surface area contributed by atoms with E-state index in [0.717, 1.165) is 12.1 Å². The Labute approximate surface area is 107 Å². The van der Waals surface area contributed by atoms with Crippen LogP contribution >= 0.6 is 0 Å². The van der Waals surface area contributed by atoms with Gasteiger partial charge in [-0.05, 0) is 24.1 Å². The van der Waals surface area contributed by atoms with Crippen molar-refractivity contribution in [3.63, 3.8) is 0 Å². The summed E-state index contributed by atoms with van der Waals surface area (Å²) in [7, 11) is 0. The Morgan fingerprint density at radius 3 is 2.79 bits per heavy atom.